The Kier molecular flexibility index (Phi) is 8.77. The van der Waals surface area contributed by atoms with Gasteiger partial charge in [0, 0.05) is 16.4 Å². The van der Waals surface area contributed by atoms with Crippen LogP contribution in [0.2, 0.25) is 0 Å². The van der Waals surface area contributed by atoms with Crippen LogP contribution in [-0.4, -0.2) is 14.8 Å². The number of hydrogen-bond donors (Lipinski definition) is 0. The van der Waals surface area contributed by atoms with Gasteiger partial charge in [-0.2, -0.15) is 0 Å². The van der Waals surface area contributed by atoms with Crippen molar-refractivity contribution >= 4 is 0 Å². The molecule has 0 fully saturated rings. The first-order chi connectivity index (χ1) is 22.2. The van der Waals surface area contributed by atoms with Gasteiger partial charge in [0.25, 0.3) is 0 Å². The molecular formula is C43H45N3. The molecule has 0 aliphatic heterocycles. The monoisotopic (exact) mass is 603 g/mol. The van der Waals surface area contributed by atoms with Gasteiger partial charge in [-0.15, -0.1) is 10.2 Å². The number of aromatic nitrogens is 3. The second-order valence-electron chi connectivity index (χ2n) is 13.7. The Labute approximate surface area is 275 Å². The first-order valence-electron chi connectivity index (χ1n) is 16.6. The van der Waals surface area contributed by atoms with Crippen LogP contribution in [0, 0.1) is 6.92 Å². The molecule has 0 unspecified atom stereocenters. The fraction of sp³-hybridized carbons (Fsp3) is 0.256. The highest BCUT2D eigenvalue weighted by molar-refractivity contribution is 5.72. The van der Waals surface area contributed by atoms with Gasteiger partial charge in [0.05, 0.1) is 5.69 Å². The molecule has 0 atom stereocenters. The molecule has 1 aromatic heterocycles. The molecule has 0 radical (unpaired) electrons. The number of unbranched alkanes of at least 4 members (excludes halogenated alkanes) is 1. The Bertz CT molecular complexity index is 1910. The second-order valence-corrected chi connectivity index (χ2v) is 13.7. The van der Waals surface area contributed by atoms with Crippen molar-refractivity contribution in [2.45, 2.75) is 71.6 Å². The third-order valence-corrected chi connectivity index (χ3v) is 9.52. The van der Waals surface area contributed by atoms with Crippen LogP contribution in [0.15, 0.2) is 127 Å². The van der Waals surface area contributed by atoms with Crippen molar-refractivity contribution in [2.24, 2.45) is 0 Å². The van der Waals surface area contributed by atoms with Crippen LogP contribution in [-0.2, 0) is 10.8 Å². The maximum absolute atomic E-state index is 4.89. The molecular weight excluding hydrogens is 558 g/mol. The lowest BCUT2D eigenvalue weighted by atomic mass is 9.78. The fourth-order valence-corrected chi connectivity index (χ4v) is 6.52. The average molecular weight is 604 g/mol. The van der Waals surface area contributed by atoms with E-state index in [2.05, 4.69) is 174 Å². The van der Waals surface area contributed by atoms with Crippen molar-refractivity contribution in [1.82, 2.24) is 14.8 Å². The average Bonchev–Trinajstić information content (AvgIpc) is 3.54. The third kappa shape index (κ3) is 6.20. The summed E-state index contributed by atoms with van der Waals surface area (Å²) in [4.78, 5) is 0. The van der Waals surface area contributed by atoms with Crippen molar-refractivity contribution in [3.63, 3.8) is 0 Å². The van der Waals surface area contributed by atoms with Crippen LogP contribution >= 0.6 is 0 Å². The van der Waals surface area contributed by atoms with Gasteiger partial charge < -0.3 is 0 Å². The quantitative estimate of drug-likeness (QED) is 0.156. The van der Waals surface area contributed by atoms with Crippen LogP contribution in [0.5, 0.6) is 0 Å². The van der Waals surface area contributed by atoms with Gasteiger partial charge in [0.1, 0.15) is 5.82 Å². The van der Waals surface area contributed by atoms with E-state index in [4.69, 9.17) is 10.2 Å². The highest BCUT2D eigenvalue weighted by atomic mass is 15.3. The molecule has 3 heteroatoms. The van der Waals surface area contributed by atoms with Gasteiger partial charge >= 0.3 is 0 Å². The van der Waals surface area contributed by atoms with Gasteiger partial charge in [-0.25, -0.2) is 0 Å². The van der Waals surface area contributed by atoms with Crippen molar-refractivity contribution < 1.29 is 0 Å². The number of hydrogen-bond acceptors (Lipinski definition) is 2. The third-order valence-electron chi connectivity index (χ3n) is 9.52. The van der Waals surface area contributed by atoms with E-state index in [0.717, 1.165) is 42.2 Å². The maximum Gasteiger partial charge on any atom is 0.168 e. The Morgan fingerprint density at radius 1 is 0.565 bits per heavy atom. The highest BCUT2D eigenvalue weighted by Crippen LogP contribution is 2.37. The Balaban J connectivity index is 1.40. The number of aryl methyl sites for hydroxylation is 1. The molecule has 6 rings (SSSR count). The van der Waals surface area contributed by atoms with E-state index in [0.29, 0.717) is 0 Å². The predicted octanol–water partition coefficient (Wildman–Crippen LogP) is 11.4. The van der Waals surface area contributed by atoms with E-state index in [1.165, 1.54) is 38.9 Å². The minimum Gasteiger partial charge on any atom is -0.278 e. The largest absolute Gasteiger partial charge is 0.278 e. The minimum atomic E-state index is -0.134. The van der Waals surface area contributed by atoms with E-state index >= 15 is 0 Å². The van der Waals surface area contributed by atoms with Crippen molar-refractivity contribution in [2.75, 3.05) is 0 Å². The standard InChI is InChI=1S/C43H45N3/c1-7-8-28-42(3,4)41-45-44-40(36-19-15-18-34(30-36)32-16-11-9-12-17-32)46(41)39-27-24-35(29-31(39)2)33-22-25-38(26-23-33)43(5,6)37-20-13-10-14-21-37/h9-27,29-30H,7-8,28H2,1-6H3. The Morgan fingerprint density at radius 3 is 1.80 bits per heavy atom. The van der Waals surface area contributed by atoms with Gasteiger partial charge in [0.15, 0.2) is 5.82 Å². The number of benzene rings is 5. The van der Waals surface area contributed by atoms with Crippen molar-refractivity contribution in [3.05, 3.63) is 150 Å². The van der Waals surface area contributed by atoms with E-state index < -0.39 is 0 Å². The number of nitrogens with zero attached hydrogens (tertiary/aromatic N) is 3. The predicted molar refractivity (Wildman–Crippen MR) is 194 cm³/mol. The van der Waals surface area contributed by atoms with E-state index in [9.17, 15) is 0 Å². The summed E-state index contributed by atoms with van der Waals surface area (Å²) in [5.41, 5.74) is 10.6. The first kappa shape index (κ1) is 31.2. The van der Waals surface area contributed by atoms with Crippen LogP contribution in [0.1, 0.15) is 76.4 Å². The van der Waals surface area contributed by atoms with Crippen LogP contribution in [0.25, 0.3) is 39.3 Å². The second kappa shape index (κ2) is 12.9. The molecule has 3 nitrogen and oxygen atoms in total. The van der Waals surface area contributed by atoms with Crippen molar-refractivity contribution in [3.8, 4) is 39.3 Å². The molecule has 0 amide bonds. The molecule has 0 bridgehead atoms. The lowest BCUT2D eigenvalue weighted by molar-refractivity contribution is 0.425. The van der Waals surface area contributed by atoms with Crippen LogP contribution < -0.4 is 0 Å². The topological polar surface area (TPSA) is 30.7 Å². The zero-order valence-electron chi connectivity index (χ0n) is 28.1. The lowest BCUT2D eigenvalue weighted by Crippen LogP contribution is -2.23. The van der Waals surface area contributed by atoms with E-state index in [1.807, 2.05) is 0 Å². The number of rotatable bonds is 10. The van der Waals surface area contributed by atoms with E-state index in [-0.39, 0.29) is 10.8 Å². The molecule has 0 aliphatic rings. The molecule has 5 aromatic carbocycles. The molecule has 6 aromatic rings. The molecule has 0 saturated carbocycles. The first-order valence-corrected chi connectivity index (χ1v) is 16.6. The van der Waals surface area contributed by atoms with Crippen LogP contribution in [0.4, 0.5) is 0 Å². The molecule has 0 N–H and O–H groups in total. The van der Waals surface area contributed by atoms with Gasteiger partial charge in [-0.3, -0.25) is 4.57 Å². The zero-order valence-corrected chi connectivity index (χ0v) is 28.1. The molecule has 0 spiro atoms. The Morgan fingerprint density at radius 2 is 1.13 bits per heavy atom. The van der Waals surface area contributed by atoms with Crippen LogP contribution in [0.3, 0.4) is 0 Å². The normalized spacial score (nSPS) is 12.0. The molecule has 0 saturated heterocycles. The highest BCUT2D eigenvalue weighted by Gasteiger charge is 2.30. The maximum atomic E-state index is 4.89. The summed E-state index contributed by atoms with van der Waals surface area (Å²) in [5.74, 6) is 1.88. The molecule has 46 heavy (non-hydrogen) atoms. The summed E-state index contributed by atoms with van der Waals surface area (Å²) < 4.78 is 2.31. The SMILES string of the molecule is CCCCC(C)(C)c1nnc(-c2cccc(-c3ccccc3)c2)n1-c1ccc(-c2ccc(C(C)(C)c3ccccc3)cc2)cc1C. The minimum absolute atomic E-state index is 0.0663. The zero-order chi connectivity index (χ0) is 32.3. The Hall–Kier alpha value is -4.76. The summed E-state index contributed by atoms with van der Waals surface area (Å²) in [6, 6.07) is 45.8. The summed E-state index contributed by atoms with van der Waals surface area (Å²) in [6.45, 7) is 13.6. The van der Waals surface area contributed by atoms with Gasteiger partial charge in [-0.1, -0.05) is 157 Å². The van der Waals surface area contributed by atoms with Crippen molar-refractivity contribution in [1.29, 1.82) is 0 Å². The summed E-state index contributed by atoms with van der Waals surface area (Å²) in [5, 5.41) is 9.75. The molecule has 0 aliphatic carbocycles. The smallest absolute Gasteiger partial charge is 0.168 e. The molecule has 232 valence electrons. The summed E-state index contributed by atoms with van der Waals surface area (Å²) in [7, 11) is 0. The fourth-order valence-electron chi connectivity index (χ4n) is 6.52. The lowest BCUT2D eigenvalue weighted by Gasteiger charge is -2.26. The van der Waals surface area contributed by atoms with Gasteiger partial charge in [0.2, 0.25) is 0 Å². The summed E-state index contributed by atoms with van der Waals surface area (Å²) in [6.07, 6.45) is 3.35. The summed E-state index contributed by atoms with van der Waals surface area (Å²) >= 11 is 0. The van der Waals surface area contributed by atoms with Gasteiger partial charge in [-0.05, 0) is 70.5 Å². The van der Waals surface area contributed by atoms with E-state index in [1.54, 1.807) is 0 Å². The molecule has 1 heterocycles.